The number of nitrogens with one attached hydrogen (secondary N) is 2. The van der Waals surface area contributed by atoms with E-state index in [1.807, 2.05) is 13.8 Å². The molecule has 0 aromatic carbocycles. The third-order valence-corrected chi connectivity index (χ3v) is 2.41. The van der Waals surface area contributed by atoms with Crippen LogP contribution in [-0.2, 0) is 9.59 Å². The Morgan fingerprint density at radius 3 is 2.33 bits per heavy atom. The van der Waals surface area contributed by atoms with Gasteiger partial charge in [-0.05, 0) is 6.42 Å². The van der Waals surface area contributed by atoms with Gasteiger partial charge in [-0.1, -0.05) is 27.2 Å². The minimum Gasteiger partial charge on any atom is -0.359 e. The van der Waals surface area contributed by atoms with Crippen molar-refractivity contribution in [3.8, 4) is 0 Å². The predicted octanol–water partition coefficient (Wildman–Crippen LogP) is 1.06. The van der Waals surface area contributed by atoms with Crippen molar-refractivity contribution >= 4 is 11.8 Å². The molecule has 0 saturated carbocycles. The van der Waals surface area contributed by atoms with Gasteiger partial charge in [-0.2, -0.15) is 0 Å². The Balaban J connectivity index is 3.88. The highest BCUT2D eigenvalue weighted by Gasteiger charge is 2.25. The molecule has 15 heavy (non-hydrogen) atoms. The summed E-state index contributed by atoms with van der Waals surface area (Å²) < 4.78 is 0. The fourth-order valence-electron chi connectivity index (χ4n) is 1.39. The Hall–Kier alpha value is -1.06. The topological polar surface area (TPSA) is 58.2 Å². The molecule has 0 saturated heterocycles. The summed E-state index contributed by atoms with van der Waals surface area (Å²) in [6.45, 7) is 6.31. The van der Waals surface area contributed by atoms with Gasteiger partial charge in [-0.15, -0.1) is 0 Å². The van der Waals surface area contributed by atoms with E-state index in [1.165, 1.54) is 0 Å². The van der Waals surface area contributed by atoms with Crippen LogP contribution in [0.2, 0.25) is 0 Å². The van der Waals surface area contributed by atoms with Gasteiger partial charge in [-0.25, -0.2) is 0 Å². The van der Waals surface area contributed by atoms with Gasteiger partial charge in [0.25, 0.3) is 0 Å². The van der Waals surface area contributed by atoms with Crippen LogP contribution in [0.25, 0.3) is 0 Å². The summed E-state index contributed by atoms with van der Waals surface area (Å²) in [7, 11) is 1.59. The van der Waals surface area contributed by atoms with E-state index in [2.05, 4.69) is 17.6 Å². The third kappa shape index (κ3) is 5.40. The molecule has 4 heteroatoms. The van der Waals surface area contributed by atoms with Crippen LogP contribution in [0, 0.1) is 5.41 Å². The van der Waals surface area contributed by atoms with E-state index in [-0.39, 0.29) is 17.2 Å². The fraction of sp³-hybridized carbons (Fsp3) is 0.818. The first-order chi connectivity index (χ1) is 6.94. The average Bonchev–Trinajstić information content (AvgIpc) is 2.17. The molecule has 2 amide bonds. The minimum atomic E-state index is -0.336. The van der Waals surface area contributed by atoms with Gasteiger partial charge < -0.3 is 10.6 Å². The van der Waals surface area contributed by atoms with Gasteiger partial charge in [0.05, 0.1) is 0 Å². The monoisotopic (exact) mass is 214 g/mol. The molecule has 2 N–H and O–H groups in total. The molecule has 0 aliphatic rings. The van der Waals surface area contributed by atoms with Crippen molar-refractivity contribution in [3.05, 3.63) is 0 Å². The van der Waals surface area contributed by atoms with Gasteiger partial charge in [0.2, 0.25) is 11.8 Å². The lowest BCUT2D eigenvalue weighted by molar-refractivity contribution is -0.129. The Kier molecular flexibility index (Phi) is 5.97. The van der Waals surface area contributed by atoms with Crippen molar-refractivity contribution in [3.63, 3.8) is 0 Å². The number of hydrogen-bond acceptors (Lipinski definition) is 2. The first kappa shape index (κ1) is 13.9. The summed E-state index contributed by atoms with van der Waals surface area (Å²) in [6, 6.07) is 0. The van der Waals surface area contributed by atoms with Crippen molar-refractivity contribution < 1.29 is 9.59 Å². The second-order valence-corrected chi connectivity index (χ2v) is 4.31. The van der Waals surface area contributed by atoms with Gasteiger partial charge >= 0.3 is 0 Å². The normalized spacial score (nSPS) is 10.9. The van der Waals surface area contributed by atoms with E-state index in [0.29, 0.717) is 13.0 Å². The molecule has 0 aromatic heterocycles. The minimum absolute atomic E-state index is 0.0215. The third-order valence-electron chi connectivity index (χ3n) is 2.41. The zero-order valence-corrected chi connectivity index (χ0v) is 10.1. The quantitative estimate of drug-likeness (QED) is 0.694. The van der Waals surface area contributed by atoms with Gasteiger partial charge in [0, 0.05) is 25.4 Å². The fourth-order valence-corrected chi connectivity index (χ4v) is 1.39. The Morgan fingerprint density at radius 2 is 1.87 bits per heavy atom. The van der Waals surface area contributed by atoms with Crippen LogP contribution in [0.3, 0.4) is 0 Å². The molecule has 0 aromatic rings. The van der Waals surface area contributed by atoms with E-state index in [1.54, 1.807) is 7.05 Å². The second-order valence-electron chi connectivity index (χ2n) is 4.31. The predicted molar refractivity (Wildman–Crippen MR) is 60.4 cm³/mol. The lowest BCUT2D eigenvalue weighted by Crippen LogP contribution is -2.38. The van der Waals surface area contributed by atoms with Gasteiger partial charge in [0.1, 0.15) is 0 Å². The molecule has 0 rings (SSSR count). The van der Waals surface area contributed by atoms with Crippen LogP contribution in [0.15, 0.2) is 0 Å². The number of amides is 2. The first-order valence-electron chi connectivity index (χ1n) is 5.43. The van der Waals surface area contributed by atoms with Crippen LogP contribution < -0.4 is 10.6 Å². The van der Waals surface area contributed by atoms with Crippen LogP contribution in [0.5, 0.6) is 0 Å². The maximum absolute atomic E-state index is 11.7. The van der Waals surface area contributed by atoms with Crippen molar-refractivity contribution in [2.75, 3.05) is 13.6 Å². The highest BCUT2D eigenvalue weighted by Crippen LogP contribution is 2.21. The molecule has 0 unspecified atom stereocenters. The van der Waals surface area contributed by atoms with Crippen molar-refractivity contribution in [1.82, 2.24) is 10.6 Å². The Morgan fingerprint density at radius 1 is 1.27 bits per heavy atom. The summed E-state index contributed by atoms with van der Waals surface area (Å²) >= 11 is 0. The molecular formula is C11H22N2O2. The maximum Gasteiger partial charge on any atom is 0.225 e. The molecule has 0 spiro atoms. The SMILES string of the molecule is CCCC(C)(C)C(=O)NCCC(=O)NC. The van der Waals surface area contributed by atoms with Crippen molar-refractivity contribution in [1.29, 1.82) is 0 Å². The summed E-state index contributed by atoms with van der Waals surface area (Å²) in [6.07, 6.45) is 2.18. The van der Waals surface area contributed by atoms with E-state index < -0.39 is 0 Å². The largest absolute Gasteiger partial charge is 0.359 e. The summed E-state index contributed by atoms with van der Waals surface area (Å²) in [5.41, 5.74) is -0.336. The first-order valence-corrected chi connectivity index (χ1v) is 5.43. The van der Waals surface area contributed by atoms with Crippen LogP contribution in [0.1, 0.15) is 40.0 Å². The summed E-state index contributed by atoms with van der Waals surface area (Å²) in [5.74, 6) is -0.0307. The summed E-state index contributed by atoms with van der Waals surface area (Å²) in [4.78, 5) is 22.6. The van der Waals surface area contributed by atoms with Crippen molar-refractivity contribution in [2.24, 2.45) is 5.41 Å². The van der Waals surface area contributed by atoms with Gasteiger partial charge in [0.15, 0.2) is 0 Å². The highest BCUT2D eigenvalue weighted by molar-refractivity contribution is 5.82. The van der Waals surface area contributed by atoms with Crippen LogP contribution in [0.4, 0.5) is 0 Å². The van der Waals surface area contributed by atoms with Gasteiger partial charge in [-0.3, -0.25) is 9.59 Å². The van der Waals surface area contributed by atoms with Crippen molar-refractivity contribution in [2.45, 2.75) is 40.0 Å². The average molecular weight is 214 g/mol. The van der Waals surface area contributed by atoms with E-state index in [9.17, 15) is 9.59 Å². The zero-order chi connectivity index (χ0) is 11.9. The molecule has 0 fully saturated rings. The standard InChI is InChI=1S/C11H22N2O2/c1-5-7-11(2,3)10(15)13-8-6-9(14)12-4/h5-8H2,1-4H3,(H,12,14)(H,13,15). The number of rotatable bonds is 6. The highest BCUT2D eigenvalue weighted by atomic mass is 16.2. The molecule has 0 radical (unpaired) electrons. The number of carbonyl (C=O) groups excluding carboxylic acids is 2. The van der Waals surface area contributed by atoms with E-state index in [4.69, 9.17) is 0 Å². The van der Waals surface area contributed by atoms with E-state index >= 15 is 0 Å². The van der Waals surface area contributed by atoms with Crippen LogP contribution in [-0.4, -0.2) is 25.4 Å². The molecule has 4 nitrogen and oxygen atoms in total. The molecular weight excluding hydrogens is 192 g/mol. The molecule has 0 bridgehead atoms. The molecule has 0 aliphatic heterocycles. The van der Waals surface area contributed by atoms with E-state index in [0.717, 1.165) is 12.8 Å². The zero-order valence-electron chi connectivity index (χ0n) is 10.1. The maximum atomic E-state index is 11.7. The molecule has 0 aliphatic carbocycles. The van der Waals surface area contributed by atoms with Crippen LogP contribution >= 0.6 is 0 Å². The molecule has 0 atom stereocenters. The molecule has 88 valence electrons. The lowest BCUT2D eigenvalue weighted by Gasteiger charge is -2.22. The Labute approximate surface area is 91.8 Å². The Bertz CT molecular complexity index is 225. The summed E-state index contributed by atoms with van der Waals surface area (Å²) in [5, 5.41) is 5.29. The number of hydrogen-bond donors (Lipinski definition) is 2. The second kappa shape index (κ2) is 6.43. The smallest absolute Gasteiger partial charge is 0.225 e. The lowest BCUT2D eigenvalue weighted by atomic mass is 9.87. The number of carbonyl (C=O) groups is 2. The molecule has 0 heterocycles.